The molecule has 0 bridgehead atoms. The van der Waals surface area contributed by atoms with E-state index in [1.54, 1.807) is 12.1 Å². The van der Waals surface area contributed by atoms with Crippen molar-refractivity contribution in [2.45, 2.75) is 45.2 Å². The molecule has 0 spiro atoms. The number of hydrogen-bond acceptors (Lipinski definition) is 6. The Hall–Kier alpha value is -3.48. The molecular weight excluding hydrogens is 378 g/mol. The van der Waals surface area contributed by atoms with Gasteiger partial charge in [0.2, 0.25) is 0 Å². The van der Waals surface area contributed by atoms with Crippen LogP contribution < -0.4 is 10.6 Å². The Kier molecular flexibility index (Phi) is 5.35. The summed E-state index contributed by atoms with van der Waals surface area (Å²) >= 11 is 0. The predicted molar refractivity (Wildman–Crippen MR) is 121 cm³/mol. The van der Waals surface area contributed by atoms with Crippen molar-refractivity contribution in [3.05, 3.63) is 64.7 Å². The molecule has 154 valence electrons. The first-order valence-electron chi connectivity index (χ1n) is 10.3. The largest absolute Gasteiger partial charge is 0.362 e. The van der Waals surface area contributed by atoms with E-state index >= 15 is 0 Å². The summed E-state index contributed by atoms with van der Waals surface area (Å²) in [7, 11) is 0. The smallest absolute Gasteiger partial charge is 0.269 e. The van der Waals surface area contributed by atoms with Gasteiger partial charge in [-0.1, -0.05) is 32.4 Å². The van der Waals surface area contributed by atoms with E-state index in [9.17, 15) is 10.1 Å². The molecule has 0 saturated heterocycles. The lowest BCUT2D eigenvalue weighted by atomic mass is 9.93. The Balaban J connectivity index is 1.68. The van der Waals surface area contributed by atoms with Crippen LogP contribution in [0.15, 0.2) is 64.8 Å². The molecule has 0 fully saturated rings. The normalized spacial score (nSPS) is 17.7. The number of benzene rings is 3. The number of non-ortho nitro benzene ring substituents is 1. The zero-order valence-electron chi connectivity index (χ0n) is 17.2. The van der Waals surface area contributed by atoms with Gasteiger partial charge in [-0.3, -0.25) is 10.1 Å². The fourth-order valence-electron chi connectivity index (χ4n) is 3.94. The van der Waals surface area contributed by atoms with Crippen molar-refractivity contribution in [3.63, 3.8) is 0 Å². The van der Waals surface area contributed by atoms with Gasteiger partial charge in [-0.15, -0.1) is 5.11 Å². The second-order valence-electron chi connectivity index (χ2n) is 7.62. The molecule has 0 radical (unpaired) electrons. The molecular formula is C23H25N5O2. The van der Waals surface area contributed by atoms with E-state index in [1.165, 1.54) is 12.1 Å². The Morgan fingerprint density at radius 3 is 2.37 bits per heavy atom. The van der Waals surface area contributed by atoms with Crippen molar-refractivity contribution < 1.29 is 4.92 Å². The van der Waals surface area contributed by atoms with Crippen LogP contribution in [-0.2, 0) is 0 Å². The number of anilines is 2. The molecule has 2 N–H and O–H groups in total. The minimum atomic E-state index is -0.427. The Labute approximate surface area is 175 Å². The van der Waals surface area contributed by atoms with Gasteiger partial charge in [-0.05, 0) is 49.6 Å². The minimum Gasteiger partial charge on any atom is -0.362 e. The monoisotopic (exact) mass is 403 g/mol. The van der Waals surface area contributed by atoms with Gasteiger partial charge in [0, 0.05) is 34.3 Å². The molecule has 1 unspecified atom stereocenters. The van der Waals surface area contributed by atoms with Crippen LogP contribution >= 0.6 is 0 Å². The zero-order chi connectivity index (χ0) is 21.1. The Morgan fingerprint density at radius 2 is 1.70 bits per heavy atom. The number of hydrogen-bond donors (Lipinski definition) is 2. The molecule has 3 aromatic rings. The number of nitro groups is 1. The first-order chi connectivity index (χ1) is 14.5. The summed E-state index contributed by atoms with van der Waals surface area (Å²) in [6, 6.07) is 16.3. The van der Waals surface area contributed by atoms with E-state index in [2.05, 4.69) is 46.8 Å². The molecule has 7 nitrogen and oxygen atoms in total. The molecule has 0 saturated carbocycles. The summed E-state index contributed by atoms with van der Waals surface area (Å²) in [5.41, 5.74) is 3.43. The quantitative estimate of drug-likeness (QED) is 0.246. The number of azo groups is 1. The molecule has 1 aliphatic heterocycles. The van der Waals surface area contributed by atoms with E-state index in [-0.39, 0.29) is 11.4 Å². The van der Waals surface area contributed by atoms with Crippen LogP contribution in [0.4, 0.5) is 28.4 Å². The third-order valence-corrected chi connectivity index (χ3v) is 5.66. The molecule has 1 aliphatic rings. The molecule has 1 atom stereocenters. The fraction of sp³-hybridized carbons (Fsp3) is 0.304. The van der Waals surface area contributed by atoms with E-state index in [1.807, 2.05) is 18.2 Å². The van der Waals surface area contributed by atoms with Gasteiger partial charge in [0.15, 0.2) is 0 Å². The van der Waals surface area contributed by atoms with Crippen LogP contribution in [0.2, 0.25) is 0 Å². The first kappa shape index (κ1) is 19.8. The number of rotatable bonds is 7. The van der Waals surface area contributed by atoms with Gasteiger partial charge in [0.05, 0.1) is 16.3 Å². The van der Waals surface area contributed by atoms with Crippen molar-refractivity contribution in [2.24, 2.45) is 10.2 Å². The van der Waals surface area contributed by atoms with Gasteiger partial charge in [-0.25, -0.2) is 0 Å². The highest BCUT2D eigenvalue weighted by molar-refractivity contribution is 6.09. The second-order valence-corrected chi connectivity index (χ2v) is 7.62. The highest BCUT2D eigenvalue weighted by Crippen LogP contribution is 2.43. The van der Waals surface area contributed by atoms with Gasteiger partial charge in [0.25, 0.3) is 5.69 Å². The van der Waals surface area contributed by atoms with E-state index in [0.29, 0.717) is 5.69 Å². The maximum absolute atomic E-state index is 10.8. The maximum Gasteiger partial charge on any atom is 0.269 e. The zero-order valence-corrected chi connectivity index (χ0v) is 17.2. The molecule has 1 heterocycles. The predicted octanol–water partition coefficient (Wildman–Crippen LogP) is 7.30. The Bertz CT molecular complexity index is 1100. The van der Waals surface area contributed by atoms with Gasteiger partial charge in [-0.2, -0.15) is 5.11 Å². The average molecular weight is 403 g/mol. The van der Waals surface area contributed by atoms with Crippen molar-refractivity contribution >= 4 is 39.2 Å². The van der Waals surface area contributed by atoms with Gasteiger partial charge < -0.3 is 10.6 Å². The third-order valence-electron chi connectivity index (χ3n) is 5.66. The molecule has 3 aromatic carbocycles. The second kappa shape index (κ2) is 8.10. The molecule has 7 heteroatoms. The number of nitrogens with one attached hydrogen (secondary N) is 2. The van der Waals surface area contributed by atoms with Gasteiger partial charge >= 0.3 is 0 Å². The molecule has 30 heavy (non-hydrogen) atoms. The van der Waals surface area contributed by atoms with Crippen LogP contribution in [0.5, 0.6) is 0 Å². The van der Waals surface area contributed by atoms with Crippen LogP contribution in [0, 0.1) is 10.1 Å². The van der Waals surface area contributed by atoms with Crippen molar-refractivity contribution in [1.82, 2.24) is 0 Å². The Morgan fingerprint density at radius 1 is 0.967 bits per heavy atom. The minimum absolute atomic E-state index is 0.0372. The van der Waals surface area contributed by atoms with Crippen molar-refractivity contribution in [3.8, 4) is 0 Å². The van der Waals surface area contributed by atoms with Crippen LogP contribution in [0.3, 0.4) is 0 Å². The van der Waals surface area contributed by atoms with E-state index in [0.717, 1.165) is 53.5 Å². The topological polar surface area (TPSA) is 91.9 Å². The average Bonchev–Trinajstić information content (AvgIpc) is 2.77. The lowest BCUT2D eigenvalue weighted by Gasteiger charge is -2.41. The first-order valence-corrected chi connectivity index (χ1v) is 10.3. The van der Waals surface area contributed by atoms with Crippen LogP contribution in [-0.4, -0.2) is 10.6 Å². The highest BCUT2D eigenvalue weighted by atomic mass is 16.6. The molecule has 0 aliphatic carbocycles. The van der Waals surface area contributed by atoms with E-state index in [4.69, 9.17) is 0 Å². The van der Waals surface area contributed by atoms with Crippen LogP contribution in [0.25, 0.3) is 10.8 Å². The molecule has 0 aromatic heterocycles. The lowest BCUT2D eigenvalue weighted by Crippen LogP contribution is -2.47. The number of unbranched alkanes of at least 4 members (excludes halogenated alkanes) is 1. The third kappa shape index (κ3) is 3.70. The fourth-order valence-corrected chi connectivity index (χ4v) is 3.94. The molecule has 4 rings (SSSR count). The summed E-state index contributed by atoms with van der Waals surface area (Å²) in [5.74, 6) is 0. The maximum atomic E-state index is 10.8. The summed E-state index contributed by atoms with van der Waals surface area (Å²) in [5, 5.41) is 29.1. The van der Waals surface area contributed by atoms with E-state index < -0.39 is 4.92 Å². The van der Waals surface area contributed by atoms with Crippen LogP contribution in [0.1, 0.15) is 39.5 Å². The van der Waals surface area contributed by atoms with Crippen molar-refractivity contribution in [1.29, 1.82) is 0 Å². The summed E-state index contributed by atoms with van der Waals surface area (Å²) < 4.78 is 0. The number of nitrogens with zero attached hydrogens (tertiary/aromatic N) is 3. The van der Waals surface area contributed by atoms with Crippen molar-refractivity contribution in [2.75, 3.05) is 10.6 Å². The highest BCUT2D eigenvalue weighted by Gasteiger charge is 2.32. The van der Waals surface area contributed by atoms with Gasteiger partial charge in [0.1, 0.15) is 5.66 Å². The molecule has 0 amide bonds. The summed E-state index contributed by atoms with van der Waals surface area (Å²) in [4.78, 5) is 10.4. The lowest BCUT2D eigenvalue weighted by molar-refractivity contribution is -0.384. The SMILES string of the molecule is CCCCC1(CC)Nc2cccc3c(N=Nc4ccc([N+](=O)[O-])cc4)ccc(c23)N1. The standard InChI is InChI=1S/C23H25N5O2/c1-3-5-15-23(4-2)24-20-8-6-7-18-19(13-14-21(25-23)22(18)20)27-26-16-9-11-17(12-10-16)28(29)30/h6-14,24-25H,3-5,15H2,1-2H3. The number of nitro benzene ring substituents is 1. The summed E-state index contributed by atoms with van der Waals surface area (Å²) in [6.07, 6.45) is 4.34. The summed E-state index contributed by atoms with van der Waals surface area (Å²) in [6.45, 7) is 4.41.